The first-order chi connectivity index (χ1) is 13.1. The monoisotopic (exact) mass is 371 g/mol. The SMILES string of the molecule is CN1CCN(CCCNC(=O)c2cccnc2Nc2ccccc2F)CC1. The number of para-hydroxylation sites is 1. The molecule has 0 radical (unpaired) electrons. The Hall–Kier alpha value is -2.51. The van der Waals surface area contributed by atoms with Gasteiger partial charge in [0.2, 0.25) is 0 Å². The van der Waals surface area contributed by atoms with E-state index in [1.54, 1.807) is 36.5 Å². The molecule has 1 saturated heterocycles. The molecule has 7 heteroatoms. The van der Waals surface area contributed by atoms with Gasteiger partial charge in [-0.2, -0.15) is 0 Å². The molecular formula is C20H26FN5O. The number of likely N-dealkylation sites (N-methyl/N-ethyl adjacent to an activating group) is 1. The predicted octanol–water partition coefficient (Wildman–Crippen LogP) is 2.33. The fourth-order valence-electron chi connectivity index (χ4n) is 3.05. The molecule has 27 heavy (non-hydrogen) atoms. The number of carbonyl (C=O) groups excluding carboxylic acids is 1. The summed E-state index contributed by atoms with van der Waals surface area (Å²) < 4.78 is 13.9. The third-order valence-corrected chi connectivity index (χ3v) is 4.71. The number of pyridine rings is 1. The molecule has 144 valence electrons. The van der Waals surface area contributed by atoms with Gasteiger partial charge in [-0.25, -0.2) is 9.37 Å². The number of benzene rings is 1. The lowest BCUT2D eigenvalue weighted by Crippen LogP contribution is -2.45. The first kappa shape index (κ1) is 19.3. The van der Waals surface area contributed by atoms with E-state index in [1.165, 1.54) is 6.07 Å². The second kappa shape index (κ2) is 9.43. The van der Waals surface area contributed by atoms with Crippen molar-refractivity contribution in [3.8, 4) is 0 Å². The lowest BCUT2D eigenvalue weighted by atomic mass is 10.2. The van der Waals surface area contributed by atoms with Crippen LogP contribution in [-0.4, -0.2) is 67.0 Å². The normalized spacial score (nSPS) is 15.5. The molecule has 0 saturated carbocycles. The van der Waals surface area contributed by atoms with Gasteiger partial charge in [-0.05, 0) is 44.3 Å². The fourth-order valence-corrected chi connectivity index (χ4v) is 3.05. The van der Waals surface area contributed by atoms with E-state index < -0.39 is 0 Å². The van der Waals surface area contributed by atoms with E-state index in [1.807, 2.05) is 0 Å². The number of hydrogen-bond acceptors (Lipinski definition) is 5. The van der Waals surface area contributed by atoms with E-state index in [-0.39, 0.29) is 11.7 Å². The van der Waals surface area contributed by atoms with Crippen molar-refractivity contribution in [2.75, 3.05) is 51.6 Å². The third kappa shape index (κ3) is 5.48. The van der Waals surface area contributed by atoms with E-state index in [2.05, 4.69) is 32.5 Å². The Balaban J connectivity index is 1.52. The van der Waals surface area contributed by atoms with Crippen molar-refractivity contribution < 1.29 is 9.18 Å². The molecular weight excluding hydrogens is 345 g/mol. The van der Waals surface area contributed by atoms with Crippen LogP contribution in [0.25, 0.3) is 0 Å². The van der Waals surface area contributed by atoms with Crippen molar-refractivity contribution >= 4 is 17.4 Å². The van der Waals surface area contributed by atoms with Gasteiger partial charge in [-0.1, -0.05) is 12.1 Å². The van der Waals surface area contributed by atoms with Crippen LogP contribution in [0.2, 0.25) is 0 Å². The fraction of sp³-hybridized carbons (Fsp3) is 0.400. The highest BCUT2D eigenvalue weighted by atomic mass is 19.1. The van der Waals surface area contributed by atoms with Crippen LogP contribution >= 0.6 is 0 Å². The van der Waals surface area contributed by atoms with Gasteiger partial charge in [0.25, 0.3) is 5.91 Å². The lowest BCUT2D eigenvalue weighted by Gasteiger charge is -2.32. The summed E-state index contributed by atoms with van der Waals surface area (Å²) in [6, 6.07) is 9.71. The Kier molecular flexibility index (Phi) is 6.73. The Morgan fingerprint density at radius 2 is 1.93 bits per heavy atom. The minimum atomic E-state index is -0.387. The van der Waals surface area contributed by atoms with Gasteiger partial charge in [0.15, 0.2) is 0 Å². The number of rotatable bonds is 7. The molecule has 1 aromatic heterocycles. The molecule has 0 bridgehead atoms. The number of piperazine rings is 1. The maximum atomic E-state index is 13.9. The van der Waals surface area contributed by atoms with Crippen LogP contribution in [0.1, 0.15) is 16.8 Å². The smallest absolute Gasteiger partial charge is 0.255 e. The molecule has 1 aliphatic heterocycles. The zero-order valence-electron chi connectivity index (χ0n) is 15.6. The Morgan fingerprint density at radius 3 is 2.70 bits per heavy atom. The van der Waals surface area contributed by atoms with Crippen molar-refractivity contribution in [3.05, 3.63) is 54.0 Å². The van der Waals surface area contributed by atoms with E-state index in [4.69, 9.17) is 0 Å². The predicted molar refractivity (Wildman–Crippen MR) is 105 cm³/mol. The van der Waals surface area contributed by atoms with E-state index >= 15 is 0 Å². The molecule has 0 unspecified atom stereocenters. The maximum Gasteiger partial charge on any atom is 0.255 e. The second-order valence-corrected chi connectivity index (χ2v) is 6.76. The van der Waals surface area contributed by atoms with Crippen molar-refractivity contribution in [2.24, 2.45) is 0 Å². The second-order valence-electron chi connectivity index (χ2n) is 6.76. The quantitative estimate of drug-likeness (QED) is 0.732. The van der Waals surface area contributed by atoms with Gasteiger partial charge in [0.1, 0.15) is 11.6 Å². The minimum Gasteiger partial charge on any atom is -0.352 e. The van der Waals surface area contributed by atoms with Crippen LogP contribution in [0.4, 0.5) is 15.9 Å². The number of hydrogen-bond donors (Lipinski definition) is 2. The maximum absolute atomic E-state index is 13.9. The molecule has 2 heterocycles. The summed E-state index contributed by atoms with van der Waals surface area (Å²) in [4.78, 5) is 21.5. The van der Waals surface area contributed by atoms with Crippen molar-refractivity contribution in [1.82, 2.24) is 20.1 Å². The topological polar surface area (TPSA) is 60.5 Å². The number of amides is 1. The van der Waals surface area contributed by atoms with Crippen LogP contribution < -0.4 is 10.6 Å². The number of carbonyl (C=O) groups is 1. The summed E-state index contributed by atoms with van der Waals surface area (Å²) in [6.45, 7) is 5.90. The highest BCUT2D eigenvalue weighted by Gasteiger charge is 2.15. The van der Waals surface area contributed by atoms with Gasteiger partial charge in [-0.3, -0.25) is 4.79 Å². The summed E-state index contributed by atoms with van der Waals surface area (Å²) in [7, 11) is 2.14. The number of halogens is 1. The molecule has 1 aromatic carbocycles. The number of nitrogens with zero attached hydrogens (tertiary/aromatic N) is 3. The number of nitrogens with one attached hydrogen (secondary N) is 2. The van der Waals surface area contributed by atoms with Crippen molar-refractivity contribution in [2.45, 2.75) is 6.42 Å². The molecule has 0 spiro atoms. The van der Waals surface area contributed by atoms with Gasteiger partial charge in [0, 0.05) is 38.9 Å². The average Bonchev–Trinajstić information content (AvgIpc) is 2.69. The molecule has 1 fully saturated rings. The minimum absolute atomic E-state index is 0.208. The molecule has 0 aliphatic carbocycles. The number of anilines is 2. The van der Waals surface area contributed by atoms with E-state index in [0.717, 1.165) is 39.1 Å². The van der Waals surface area contributed by atoms with Gasteiger partial charge >= 0.3 is 0 Å². The Morgan fingerprint density at radius 1 is 1.15 bits per heavy atom. The Labute approximate surface area is 159 Å². The van der Waals surface area contributed by atoms with E-state index in [9.17, 15) is 9.18 Å². The first-order valence-electron chi connectivity index (χ1n) is 9.29. The molecule has 2 N–H and O–H groups in total. The van der Waals surface area contributed by atoms with Crippen LogP contribution in [-0.2, 0) is 0 Å². The van der Waals surface area contributed by atoms with E-state index in [0.29, 0.717) is 23.6 Å². The van der Waals surface area contributed by atoms with Crippen molar-refractivity contribution in [3.63, 3.8) is 0 Å². The first-order valence-corrected chi connectivity index (χ1v) is 9.29. The van der Waals surface area contributed by atoms with Gasteiger partial charge in [0.05, 0.1) is 11.3 Å². The third-order valence-electron chi connectivity index (χ3n) is 4.71. The van der Waals surface area contributed by atoms with Crippen LogP contribution in [0.3, 0.4) is 0 Å². The van der Waals surface area contributed by atoms with Crippen LogP contribution in [0.5, 0.6) is 0 Å². The summed E-state index contributed by atoms with van der Waals surface area (Å²) in [5.74, 6) is -0.249. The summed E-state index contributed by atoms with van der Waals surface area (Å²) >= 11 is 0. The largest absolute Gasteiger partial charge is 0.352 e. The zero-order valence-corrected chi connectivity index (χ0v) is 15.6. The molecule has 2 aromatic rings. The average molecular weight is 371 g/mol. The van der Waals surface area contributed by atoms with Crippen LogP contribution in [0.15, 0.2) is 42.6 Å². The molecule has 0 atom stereocenters. The highest BCUT2D eigenvalue weighted by molar-refractivity contribution is 5.99. The standard InChI is InChI=1S/C20H26FN5O/c1-25-12-14-26(15-13-25)11-5-10-23-20(27)16-6-4-9-22-19(16)24-18-8-3-2-7-17(18)21/h2-4,6-9H,5,10-15H2,1H3,(H,22,24)(H,23,27). The Bertz CT molecular complexity index is 762. The summed E-state index contributed by atoms with van der Waals surface area (Å²) in [5.41, 5.74) is 0.695. The zero-order chi connectivity index (χ0) is 19.1. The van der Waals surface area contributed by atoms with Gasteiger partial charge < -0.3 is 20.4 Å². The van der Waals surface area contributed by atoms with Gasteiger partial charge in [-0.15, -0.1) is 0 Å². The summed E-state index contributed by atoms with van der Waals surface area (Å²) in [5, 5.41) is 5.85. The molecule has 3 rings (SSSR count). The van der Waals surface area contributed by atoms with Crippen LogP contribution in [0, 0.1) is 5.82 Å². The summed E-state index contributed by atoms with van der Waals surface area (Å²) in [6.07, 6.45) is 2.47. The number of aromatic nitrogens is 1. The highest BCUT2D eigenvalue weighted by Crippen LogP contribution is 2.20. The lowest BCUT2D eigenvalue weighted by molar-refractivity contribution is 0.0950. The van der Waals surface area contributed by atoms with Crippen molar-refractivity contribution in [1.29, 1.82) is 0 Å². The molecule has 1 aliphatic rings. The molecule has 1 amide bonds. The molecule has 6 nitrogen and oxygen atoms in total.